The van der Waals surface area contributed by atoms with Crippen LogP contribution in [0.3, 0.4) is 0 Å². The second kappa shape index (κ2) is 9.46. The van der Waals surface area contributed by atoms with Crippen LogP contribution in [0.25, 0.3) is 11.0 Å². The van der Waals surface area contributed by atoms with Crippen LogP contribution in [-0.2, 0) is 27.1 Å². The lowest BCUT2D eigenvalue weighted by molar-refractivity contribution is 0.0960. The summed E-state index contributed by atoms with van der Waals surface area (Å²) in [6.07, 6.45) is 4.14. The largest absolute Gasteiger partial charge is 0.376 e. The topological polar surface area (TPSA) is 64.4 Å². The molecule has 9 heteroatoms. The summed E-state index contributed by atoms with van der Waals surface area (Å²) in [5.74, 6) is 0.793. The molecule has 6 nitrogen and oxygen atoms in total. The Kier molecular flexibility index (Phi) is 6.63. The van der Waals surface area contributed by atoms with Gasteiger partial charge >= 0.3 is 0 Å². The number of halogens is 1. The highest BCUT2D eigenvalue weighted by molar-refractivity contribution is 9.10. The van der Waals surface area contributed by atoms with Crippen LogP contribution >= 0.6 is 27.7 Å². The standard InChI is InChI=1S/C23H26BrN3O3S2/c24-18-7-5-17(6-8-18)16-31-23-25-21-14-20(32(28,29)26-11-1-2-12-26)9-10-22(21)27(23)15-19-4-3-13-30-19/h5-10,14,19H,1-4,11-13,15-16H2/t19-/m0/s1. The molecule has 0 bridgehead atoms. The predicted octanol–water partition coefficient (Wildman–Crippen LogP) is 5.05. The zero-order valence-electron chi connectivity index (χ0n) is 17.7. The molecule has 2 saturated heterocycles. The number of sulfonamides is 1. The minimum absolute atomic E-state index is 0.174. The van der Waals surface area contributed by atoms with Crippen molar-refractivity contribution in [3.05, 3.63) is 52.5 Å². The number of rotatable bonds is 7. The van der Waals surface area contributed by atoms with Crippen molar-refractivity contribution in [2.75, 3.05) is 19.7 Å². The minimum atomic E-state index is -3.47. The molecule has 3 aromatic rings. The zero-order valence-corrected chi connectivity index (χ0v) is 21.0. The summed E-state index contributed by atoms with van der Waals surface area (Å²) >= 11 is 5.16. The number of thioether (sulfide) groups is 1. The molecule has 5 rings (SSSR count). The Morgan fingerprint density at radius 1 is 1.09 bits per heavy atom. The van der Waals surface area contributed by atoms with E-state index >= 15 is 0 Å². The maximum atomic E-state index is 13.0. The maximum absolute atomic E-state index is 13.0. The van der Waals surface area contributed by atoms with Crippen molar-refractivity contribution in [2.45, 2.75) is 54.1 Å². The van der Waals surface area contributed by atoms with E-state index in [2.05, 4.69) is 32.6 Å². The van der Waals surface area contributed by atoms with E-state index in [1.807, 2.05) is 18.2 Å². The highest BCUT2D eigenvalue weighted by Crippen LogP contribution is 2.31. The van der Waals surface area contributed by atoms with E-state index in [4.69, 9.17) is 9.72 Å². The van der Waals surface area contributed by atoms with Gasteiger partial charge in [-0.05, 0) is 61.6 Å². The average molecular weight is 537 g/mol. The zero-order chi connectivity index (χ0) is 22.1. The average Bonchev–Trinajstić information content (AvgIpc) is 3.56. The van der Waals surface area contributed by atoms with Gasteiger partial charge < -0.3 is 9.30 Å². The van der Waals surface area contributed by atoms with Crippen LogP contribution in [0.5, 0.6) is 0 Å². The van der Waals surface area contributed by atoms with E-state index in [0.717, 1.165) is 65.3 Å². The van der Waals surface area contributed by atoms with Crippen LogP contribution in [0.1, 0.15) is 31.2 Å². The first-order chi connectivity index (χ1) is 15.5. The number of hydrogen-bond acceptors (Lipinski definition) is 5. The summed E-state index contributed by atoms with van der Waals surface area (Å²) in [6, 6.07) is 13.7. The molecule has 0 amide bonds. The van der Waals surface area contributed by atoms with Crippen molar-refractivity contribution < 1.29 is 13.2 Å². The molecule has 2 fully saturated rings. The second-order valence-corrected chi connectivity index (χ2v) is 12.1. The van der Waals surface area contributed by atoms with Gasteiger partial charge in [-0.15, -0.1) is 0 Å². The van der Waals surface area contributed by atoms with Gasteiger partial charge in [0, 0.05) is 29.9 Å². The number of aromatic nitrogens is 2. The molecule has 0 radical (unpaired) electrons. The van der Waals surface area contributed by atoms with Gasteiger partial charge in [-0.2, -0.15) is 4.31 Å². The fraction of sp³-hybridized carbons (Fsp3) is 0.435. The first-order valence-corrected chi connectivity index (χ1v) is 14.2. The van der Waals surface area contributed by atoms with Crippen LogP contribution in [0, 0.1) is 0 Å². The van der Waals surface area contributed by atoms with E-state index in [9.17, 15) is 8.42 Å². The maximum Gasteiger partial charge on any atom is 0.243 e. The molecule has 32 heavy (non-hydrogen) atoms. The Morgan fingerprint density at radius 2 is 1.88 bits per heavy atom. The Labute approximate surface area is 201 Å². The van der Waals surface area contributed by atoms with Gasteiger partial charge in [0.1, 0.15) is 0 Å². The Hall–Kier alpha value is -1.39. The molecule has 0 aliphatic carbocycles. The van der Waals surface area contributed by atoms with Gasteiger partial charge in [-0.25, -0.2) is 13.4 Å². The van der Waals surface area contributed by atoms with Crippen molar-refractivity contribution in [3.63, 3.8) is 0 Å². The third kappa shape index (κ3) is 4.63. The van der Waals surface area contributed by atoms with Crippen LogP contribution in [0.15, 0.2) is 57.0 Å². The first-order valence-electron chi connectivity index (χ1n) is 11.0. The van der Waals surface area contributed by atoms with Crippen molar-refractivity contribution in [1.29, 1.82) is 0 Å². The van der Waals surface area contributed by atoms with E-state index in [1.54, 1.807) is 28.2 Å². The molecule has 0 saturated carbocycles. The number of fused-ring (bicyclic) bond motifs is 1. The van der Waals surface area contributed by atoms with E-state index in [1.165, 1.54) is 5.56 Å². The van der Waals surface area contributed by atoms with Gasteiger partial charge in [0.05, 0.1) is 28.6 Å². The monoisotopic (exact) mass is 535 g/mol. The molecular formula is C23H26BrN3O3S2. The predicted molar refractivity (Wildman–Crippen MR) is 130 cm³/mol. The third-order valence-electron chi connectivity index (χ3n) is 6.08. The molecule has 0 N–H and O–H groups in total. The summed E-state index contributed by atoms with van der Waals surface area (Å²) in [4.78, 5) is 5.20. The van der Waals surface area contributed by atoms with Crippen LogP contribution in [0.4, 0.5) is 0 Å². The lowest BCUT2D eigenvalue weighted by Gasteiger charge is -2.16. The van der Waals surface area contributed by atoms with Gasteiger partial charge in [-0.3, -0.25) is 0 Å². The summed E-state index contributed by atoms with van der Waals surface area (Å²) in [5, 5.41) is 0.897. The molecule has 0 unspecified atom stereocenters. The molecule has 0 spiro atoms. The number of nitrogens with zero attached hydrogens (tertiary/aromatic N) is 3. The SMILES string of the molecule is O=S(=O)(c1ccc2c(c1)nc(SCc1ccc(Br)cc1)n2C[C@@H]1CCCO1)N1CCCC1. The van der Waals surface area contributed by atoms with Gasteiger partial charge in [-0.1, -0.05) is 39.8 Å². The summed E-state index contributed by atoms with van der Waals surface area (Å²) < 4.78 is 36.8. The fourth-order valence-corrected chi connectivity index (χ4v) is 7.11. The van der Waals surface area contributed by atoms with Crippen LogP contribution < -0.4 is 0 Å². The highest BCUT2D eigenvalue weighted by atomic mass is 79.9. The molecule has 1 atom stereocenters. The fourth-order valence-electron chi connectivity index (χ4n) is 4.33. The lowest BCUT2D eigenvalue weighted by Crippen LogP contribution is -2.27. The second-order valence-electron chi connectivity index (χ2n) is 8.32. The van der Waals surface area contributed by atoms with Crippen LogP contribution in [0.2, 0.25) is 0 Å². The molecular weight excluding hydrogens is 510 g/mol. The van der Waals surface area contributed by atoms with Gasteiger partial charge in [0.15, 0.2) is 5.16 Å². The Bertz CT molecular complexity index is 1200. The minimum Gasteiger partial charge on any atom is -0.376 e. The summed E-state index contributed by atoms with van der Waals surface area (Å²) in [6.45, 7) is 2.73. The van der Waals surface area contributed by atoms with Crippen LogP contribution in [-0.4, -0.2) is 48.1 Å². The first kappa shape index (κ1) is 22.4. The summed E-state index contributed by atoms with van der Waals surface area (Å²) in [5.41, 5.74) is 2.90. The van der Waals surface area contributed by atoms with E-state index in [0.29, 0.717) is 18.0 Å². The van der Waals surface area contributed by atoms with E-state index in [-0.39, 0.29) is 6.10 Å². The normalized spacial score (nSPS) is 19.8. The van der Waals surface area contributed by atoms with Crippen molar-refractivity contribution in [2.24, 2.45) is 0 Å². The van der Waals surface area contributed by atoms with Gasteiger partial charge in [0.2, 0.25) is 10.0 Å². The Balaban J connectivity index is 1.47. The van der Waals surface area contributed by atoms with Crippen molar-refractivity contribution in [3.8, 4) is 0 Å². The lowest BCUT2D eigenvalue weighted by atomic mass is 10.2. The van der Waals surface area contributed by atoms with Crippen molar-refractivity contribution >= 4 is 48.7 Å². The quantitative estimate of drug-likeness (QED) is 0.396. The molecule has 3 heterocycles. The van der Waals surface area contributed by atoms with Crippen molar-refractivity contribution in [1.82, 2.24) is 13.9 Å². The van der Waals surface area contributed by atoms with Gasteiger partial charge in [0.25, 0.3) is 0 Å². The Morgan fingerprint density at radius 3 is 2.59 bits per heavy atom. The molecule has 170 valence electrons. The summed E-state index contributed by atoms with van der Waals surface area (Å²) in [7, 11) is -3.47. The smallest absolute Gasteiger partial charge is 0.243 e. The molecule has 2 aliphatic heterocycles. The number of imidazole rings is 1. The number of benzene rings is 2. The number of hydrogen-bond donors (Lipinski definition) is 0. The molecule has 2 aliphatic rings. The third-order valence-corrected chi connectivity index (χ3v) is 9.55. The molecule has 1 aromatic heterocycles. The number of ether oxygens (including phenoxy) is 1. The molecule has 2 aromatic carbocycles. The van der Waals surface area contributed by atoms with E-state index < -0.39 is 10.0 Å². The highest BCUT2D eigenvalue weighted by Gasteiger charge is 2.28.